The molecule has 1 aliphatic heterocycles. The number of carbonyl (C=O) groups is 1. The average Bonchev–Trinajstić information content (AvgIpc) is 2.85. The van der Waals surface area contributed by atoms with Crippen LogP contribution in [0.2, 0.25) is 0 Å². The maximum atomic E-state index is 13.4. The van der Waals surface area contributed by atoms with E-state index in [1.54, 1.807) is 36.7 Å². The topological polar surface area (TPSA) is 56.7 Å². The number of alkyl halides is 3. The van der Waals surface area contributed by atoms with Crippen LogP contribution in [0.3, 0.4) is 0 Å². The molecule has 0 saturated carbocycles. The number of carboxylic acids is 1. The highest BCUT2D eigenvalue weighted by Crippen LogP contribution is 2.41. The summed E-state index contributed by atoms with van der Waals surface area (Å²) in [6, 6.07) is 16.6. The van der Waals surface area contributed by atoms with Crippen LogP contribution < -0.4 is 0 Å². The average molecular weight is 526 g/mol. The van der Waals surface area contributed by atoms with Crippen molar-refractivity contribution in [2.75, 3.05) is 19.6 Å². The molecule has 4 rings (SSSR count). The van der Waals surface area contributed by atoms with Gasteiger partial charge in [-0.05, 0) is 66.3 Å². The number of rotatable bonds is 8. The van der Waals surface area contributed by atoms with Gasteiger partial charge in [0, 0.05) is 51.2 Å². The van der Waals surface area contributed by atoms with E-state index in [4.69, 9.17) is 0 Å². The van der Waals surface area contributed by atoms with Crippen molar-refractivity contribution in [1.82, 2.24) is 14.8 Å². The number of pyridine rings is 1. The largest absolute Gasteiger partial charge is 0.481 e. The van der Waals surface area contributed by atoms with Crippen LogP contribution in [0.5, 0.6) is 0 Å². The standard InChI is InChI=1S/C30H34F3N3O2/c1-21-16-23(4-9-27(21)24-5-7-25(8-6-24)29(2,3)30(31,32)33)18-35-14-15-36(26(20-35)17-28(37)38)19-22-10-12-34-13-11-22/h4-13,16,26H,14-15,17-20H2,1-3H3,(H,37,38)/t26-/m0/s1. The lowest BCUT2D eigenvalue weighted by Crippen LogP contribution is -2.52. The van der Waals surface area contributed by atoms with E-state index < -0.39 is 17.6 Å². The Morgan fingerprint density at radius 1 is 0.974 bits per heavy atom. The first-order chi connectivity index (χ1) is 17.9. The number of aromatic nitrogens is 1. The molecule has 0 radical (unpaired) electrons. The van der Waals surface area contributed by atoms with Gasteiger partial charge in [0.25, 0.3) is 0 Å². The summed E-state index contributed by atoms with van der Waals surface area (Å²) in [6.45, 7) is 8.07. The minimum atomic E-state index is -4.32. The third kappa shape index (κ3) is 6.42. The van der Waals surface area contributed by atoms with Gasteiger partial charge in [-0.1, -0.05) is 42.5 Å². The van der Waals surface area contributed by atoms with Crippen molar-refractivity contribution < 1.29 is 23.1 Å². The van der Waals surface area contributed by atoms with Crippen LogP contribution >= 0.6 is 0 Å². The summed E-state index contributed by atoms with van der Waals surface area (Å²) >= 11 is 0. The first-order valence-corrected chi connectivity index (χ1v) is 12.8. The van der Waals surface area contributed by atoms with Crippen LogP contribution in [0, 0.1) is 6.92 Å². The molecule has 1 saturated heterocycles. The van der Waals surface area contributed by atoms with E-state index in [-0.39, 0.29) is 18.0 Å². The zero-order chi connectivity index (χ0) is 27.5. The summed E-state index contributed by atoms with van der Waals surface area (Å²) < 4.78 is 40.2. The van der Waals surface area contributed by atoms with Gasteiger partial charge in [0.15, 0.2) is 0 Å². The number of nitrogens with zero attached hydrogens (tertiary/aromatic N) is 3. The molecule has 5 nitrogen and oxygen atoms in total. The molecule has 3 aromatic rings. The number of aryl methyl sites for hydroxylation is 1. The SMILES string of the molecule is Cc1cc(CN2CCN(Cc3ccncc3)[C@@H](CC(=O)O)C2)ccc1-c1ccc(C(C)(C)C(F)(F)F)cc1. The zero-order valence-electron chi connectivity index (χ0n) is 22.0. The van der Waals surface area contributed by atoms with Crippen molar-refractivity contribution in [1.29, 1.82) is 0 Å². The second kappa shape index (κ2) is 11.3. The van der Waals surface area contributed by atoms with Crippen molar-refractivity contribution in [3.05, 3.63) is 89.2 Å². The molecule has 202 valence electrons. The van der Waals surface area contributed by atoms with Crippen molar-refractivity contribution in [3.8, 4) is 11.1 Å². The zero-order valence-corrected chi connectivity index (χ0v) is 22.0. The fourth-order valence-corrected chi connectivity index (χ4v) is 5.06. The Morgan fingerprint density at radius 3 is 2.26 bits per heavy atom. The maximum Gasteiger partial charge on any atom is 0.397 e. The summed E-state index contributed by atoms with van der Waals surface area (Å²) in [6.07, 6.45) is -0.732. The number of piperazine rings is 1. The van der Waals surface area contributed by atoms with Crippen molar-refractivity contribution in [2.45, 2.75) is 57.9 Å². The maximum absolute atomic E-state index is 13.4. The highest BCUT2D eigenvalue weighted by Gasteiger charge is 2.48. The quantitative estimate of drug-likeness (QED) is 0.388. The second-order valence-corrected chi connectivity index (χ2v) is 10.7. The summed E-state index contributed by atoms with van der Waals surface area (Å²) in [5.41, 5.74) is 3.47. The molecule has 0 spiro atoms. The van der Waals surface area contributed by atoms with Gasteiger partial charge in [-0.15, -0.1) is 0 Å². The summed E-state index contributed by atoms with van der Waals surface area (Å²) in [4.78, 5) is 20.1. The van der Waals surface area contributed by atoms with Gasteiger partial charge in [-0.3, -0.25) is 19.6 Å². The Balaban J connectivity index is 1.44. The molecule has 0 amide bonds. The van der Waals surface area contributed by atoms with Crippen LogP contribution in [-0.2, 0) is 23.3 Å². The first kappa shape index (κ1) is 27.8. The Hall–Kier alpha value is -3.23. The van der Waals surface area contributed by atoms with Gasteiger partial charge >= 0.3 is 12.1 Å². The van der Waals surface area contributed by atoms with Gasteiger partial charge in [-0.25, -0.2) is 0 Å². The lowest BCUT2D eigenvalue weighted by Gasteiger charge is -2.41. The molecule has 2 aromatic carbocycles. The molecule has 38 heavy (non-hydrogen) atoms. The predicted molar refractivity (Wildman–Crippen MR) is 142 cm³/mol. The third-order valence-corrected chi connectivity index (χ3v) is 7.56. The van der Waals surface area contributed by atoms with Crippen LogP contribution in [0.15, 0.2) is 67.0 Å². The molecular weight excluding hydrogens is 491 g/mol. The smallest absolute Gasteiger partial charge is 0.397 e. The molecule has 2 heterocycles. The van der Waals surface area contributed by atoms with Crippen molar-refractivity contribution in [3.63, 3.8) is 0 Å². The van der Waals surface area contributed by atoms with Crippen LogP contribution in [0.25, 0.3) is 11.1 Å². The monoisotopic (exact) mass is 525 g/mol. The third-order valence-electron chi connectivity index (χ3n) is 7.56. The van der Waals surface area contributed by atoms with Crippen molar-refractivity contribution in [2.24, 2.45) is 0 Å². The molecule has 1 atom stereocenters. The number of halogens is 3. The second-order valence-electron chi connectivity index (χ2n) is 10.7. The van der Waals surface area contributed by atoms with E-state index in [2.05, 4.69) is 20.9 Å². The van der Waals surface area contributed by atoms with E-state index in [0.29, 0.717) is 19.6 Å². The Morgan fingerprint density at radius 2 is 1.66 bits per heavy atom. The molecule has 1 aliphatic rings. The summed E-state index contributed by atoms with van der Waals surface area (Å²) in [5.74, 6) is -0.804. The van der Waals surface area contributed by atoms with E-state index in [1.165, 1.54) is 13.8 Å². The number of carboxylic acid groups (broad SMARTS) is 1. The van der Waals surface area contributed by atoms with E-state index in [0.717, 1.165) is 40.9 Å². The van der Waals surface area contributed by atoms with Gasteiger partial charge in [0.2, 0.25) is 0 Å². The number of hydrogen-bond donors (Lipinski definition) is 1. The minimum absolute atomic E-state index is 0.0840. The van der Waals surface area contributed by atoms with Gasteiger partial charge in [0.05, 0.1) is 11.8 Å². The van der Waals surface area contributed by atoms with Crippen molar-refractivity contribution >= 4 is 5.97 Å². The Labute approximate surface area is 221 Å². The number of aliphatic carboxylic acids is 1. The molecular formula is C30H34F3N3O2. The molecule has 1 N–H and O–H groups in total. The van der Waals surface area contributed by atoms with E-state index in [9.17, 15) is 23.1 Å². The van der Waals surface area contributed by atoms with Gasteiger partial charge in [0.1, 0.15) is 0 Å². The molecule has 1 fully saturated rings. The number of benzene rings is 2. The first-order valence-electron chi connectivity index (χ1n) is 12.8. The normalized spacial score (nSPS) is 17.5. The van der Waals surface area contributed by atoms with E-state index in [1.807, 2.05) is 31.2 Å². The lowest BCUT2D eigenvalue weighted by atomic mass is 9.83. The molecule has 0 unspecified atom stereocenters. The highest BCUT2D eigenvalue weighted by atomic mass is 19.4. The highest BCUT2D eigenvalue weighted by molar-refractivity contribution is 5.68. The fourth-order valence-electron chi connectivity index (χ4n) is 5.06. The lowest BCUT2D eigenvalue weighted by molar-refractivity contribution is -0.180. The molecule has 1 aromatic heterocycles. The number of hydrogen-bond acceptors (Lipinski definition) is 4. The van der Waals surface area contributed by atoms with Gasteiger partial charge < -0.3 is 5.11 Å². The Kier molecular flexibility index (Phi) is 8.23. The van der Waals surface area contributed by atoms with Crippen LogP contribution in [0.4, 0.5) is 13.2 Å². The van der Waals surface area contributed by atoms with E-state index >= 15 is 0 Å². The minimum Gasteiger partial charge on any atom is -0.481 e. The molecule has 8 heteroatoms. The van der Waals surface area contributed by atoms with Crippen LogP contribution in [-0.4, -0.2) is 57.7 Å². The molecule has 0 aliphatic carbocycles. The van der Waals surface area contributed by atoms with Crippen LogP contribution in [0.1, 0.15) is 42.5 Å². The Bertz CT molecular complexity index is 1240. The summed E-state index contributed by atoms with van der Waals surface area (Å²) in [5, 5.41) is 9.49. The molecule has 0 bridgehead atoms. The fraction of sp³-hybridized carbons (Fsp3) is 0.400. The summed E-state index contributed by atoms with van der Waals surface area (Å²) in [7, 11) is 0. The predicted octanol–water partition coefficient (Wildman–Crippen LogP) is 6.06. The van der Waals surface area contributed by atoms with Gasteiger partial charge in [-0.2, -0.15) is 13.2 Å².